The molecule has 0 amide bonds. The summed E-state index contributed by atoms with van der Waals surface area (Å²) in [5, 5.41) is -0.158. The SMILES string of the molecule is Nc1ncc2c(n1)CCN(Cc1c(F)ccc(F)c1Cl)C2. The average molecular weight is 311 g/mol. The van der Waals surface area contributed by atoms with E-state index in [0.717, 1.165) is 23.4 Å². The summed E-state index contributed by atoms with van der Waals surface area (Å²) in [4.78, 5) is 10.1. The van der Waals surface area contributed by atoms with E-state index >= 15 is 0 Å². The molecule has 1 aliphatic heterocycles. The number of halogens is 3. The molecule has 7 heteroatoms. The van der Waals surface area contributed by atoms with Gasteiger partial charge in [-0.15, -0.1) is 0 Å². The van der Waals surface area contributed by atoms with Gasteiger partial charge in [-0.1, -0.05) is 11.6 Å². The highest BCUT2D eigenvalue weighted by molar-refractivity contribution is 6.31. The lowest BCUT2D eigenvalue weighted by Crippen LogP contribution is -2.31. The predicted octanol–water partition coefficient (Wildman–Crippen LogP) is 2.55. The molecular formula is C14H13ClF2N4. The molecule has 1 aromatic heterocycles. The third-order valence-corrected chi connectivity index (χ3v) is 3.96. The Hall–Kier alpha value is -1.79. The van der Waals surface area contributed by atoms with Crippen molar-refractivity contribution in [2.75, 3.05) is 12.3 Å². The Kier molecular flexibility index (Phi) is 3.73. The Labute approximate surface area is 125 Å². The zero-order chi connectivity index (χ0) is 15.0. The molecule has 1 aromatic carbocycles. The number of aromatic nitrogens is 2. The largest absolute Gasteiger partial charge is 0.368 e. The van der Waals surface area contributed by atoms with Crippen LogP contribution >= 0.6 is 11.6 Å². The van der Waals surface area contributed by atoms with Crippen LogP contribution in [0.2, 0.25) is 5.02 Å². The summed E-state index contributed by atoms with van der Waals surface area (Å²) in [5.41, 5.74) is 7.58. The molecule has 0 aliphatic carbocycles. The van der Waals surface area contributed by atoms with Crippen molar-refractivity contribution in [3.8, 4) is 0 Å². The minimum atomic E-state index is -0.610. The third-order valence-electron chi connectivity index (χ3n) is 3.55. The summed E-state index contributed by atoms with van der Waals surface area (Å²) in [7, 11) is 0. The summed E-state index contributed by atoms with van der Waals surface area (Å²) >= 11 is 5.86. The molecule has 4 nitrogen and oxygen atoms in total. The molecule has 0 fully saturated rings. The lowest BCUT2D eigenvalue weighted by Gasteiger charge is -2.28. The molecule has 0 saturated heterocycles. The molecule has 2 aromatic rings. The topological polar surface area (TPSA) is 55.0 Å². The van der Waals surface area contributed by atoms with Crippen molar-refractivity contribution in [2.24, 2.45) is 0 Å². The molecule has 2 heterocycles. The second-order valence-corrected chi connectivity index (χ2v) is 5.36. The van der Waals surface area contributed by atoms with Gasteiger partial charge in [0, 0.05) is 43.4 Å². The van der Waals surface area contributed by atoms with Crippen LogP contribution in [0.3, 0.4) is 0 Å². The Morgan fingerprint density at radius 3 is 2.86 bits per heavy atom. The van der Waals surface area contributed by atoms with Crippen LogP contribution < -0.4 is 5.73 Å². The first kappa shape index (κ1) is 14.2. The van der Waals surface area contributed by atoms with Crippen molar-refractivity contribution in [1.82, 2.24) is 14.9 Å². The number of nitrogens with zero attached hydrogens (tertiary/aromatic N) is 3. The van der Waals surface area contributed by atoms with Gasteiger partial charge in [0.2, 0.25) is 5.95 Å². The van der Waals surface area contributed by atoms with Crippen LogP contribution in [0.4, 0.5) is 14.7 Å². The fraction of sp³-hybridized carbons (Fsp3) is 0.286. The van der Waals surface area contributed by atoms with E-state index in [2.05, 4.69) is 9.97 Å². The lowest BCUT2D eigenvalue weighted by atomic mass is 10.1. The molecule has 2 N–H and O–H groups in total. The highest BCUT2D eigenvalue weighted by Crippen LogP contribution is 2.26. The molecule has 0 radical (unpaired) electrons. The number of hydrogen-bond donors (Lipinski definition) is 1. The van der Waals surface area contributed by atoms with Gasteiger partial charge in [-0.05, 0) is 12.1 Å². The van der Waals surface area contributed by atoms with Gasteiger partial charge in [0.05, 0.1) is 10.7 Å². The van der Waals surface area contributed by atoms with E-state index in [9.17, 15) is 8.78 Å². The Balaban J connectivity index is 1.82. The van der Waals surface area contributed by atoms with E-state index in [0.29, 0.717) is 19.5 Å². The van der Waals surface area contributed by atoms with Gasteiger partial charge < -0.3 is 5.73 Å². The van der Waals surface area contributed by atoms with Crippen LogP contribution in [-0.4, -0.2) is 21.4 Å². The molecular weight excluding hydrogens is 298 g/mol. The van der Waals surface area contributed by atoms with E-state index in [-0.39, 0.29) is 23.1 Å². The van der Waals surface area contributed by atoms with E-state index in [1.807, 2.05) is 4.90 Å². The quantitative estimate of drug-likeness (QED) is 0.866. The molecule has 0 spiro atoms. The van der Waals surface area contributed by atoms with Crippen molar-refractivity contribution in [3.05, 3.63) is 51.8 Å². The van der Waals surface area contributed by atoms with Crippen LogP contribution in [0.15, 0.2) is 18.3 Å². The van der Waals surface area contributed by atoms with Crippen LogP contribution in [0, 0.1) is 11.6 Å². The van der Waals surface area contributed by atoms with Crippen LogP contribution in [-0.2, 0) is 19.5 Å². The normalized spacial score (nSPS) is 15.0. The first-order valence-electron chi connectivity index (χ1n) is 6.49. The van der Waals surface area contributed by atoms with E-state index in [4.69, 9.17) is 17.3 Å². The minimum absolute atomic E-state index is 0.158. The fourth-order valence-electron chi connectivity index (χ4n) is 2.46. The molecule has 1 aliphatic rings. The molecule has 0 atom stereocenters. The van der Waals surface area contributed by atoms with Crippen LogP contribution in [0.1, 0.15) is 16.8 Å². The fourth-order valence-corrected chi connectivity index (χ4v) is 2.68. The summed E-state index contributed by atoms with van der Waals surface area (Å²) < 4.78 is 27.3. The number of rotatable bonds is 2. The van der Waals surface area contributed by atoms with Crippen molar-refractivity contribution in [2.45, 2.75) is 19.5 Å². The first-order chi connectivity index (χ1) is 10.0. The maximum absolute atomic E-state index is 13.8. The summed E-state index contributed by atoms with van der Waals surface area (Å²) in [6.45, 7) is 1.48. The number of hydrogen-bond acceptors (Lipinski definition) is 4. The zero-order valence-electron chi connectivity index (χ0n) is 11.1. The molecule has 0 saturated carbocycles. The average Bonchev–Trinajstić information content (AvgIpc) is 2.48. The molecule has 0 unspecified atom stereocenters. The smallest absolute Gasteiger partial charge is 0.220 e. The monoisotopic (exact) mass is 310 g/mol. The van der Waals surface area contributed by atoms with E-state index in [1.165, 1.54) is 0 Å². The van der Waals surface area contributed by atoms with Gasteiger partial charge in [0.1, 0.15) is 11.6 Å². The van der Waals surface area contributed by atoms with E-state index < -0.39 is 11.6 Å². The van der Waals surface area contributed by atoms with Gasteiger partial charge in [0.15, 0.2) is 0 Å². The maximum Gasteiger partial charge on any atom is 0.220 e. The standard InChI is InChI=1S/C14H13ClF2N4/c15-13-9(10(16)1-2-11(13)17)7-21-4-3-12-8(6-21)5-19-14(18)20-12/h1-2,5H,3-4,6-7H2,(H2,18,19,20). The van der Waals surface area contributed by atoms with Crippen molar-refractivity contribution < 1.29 is 8.78 Å². The summed E-state index contributed by atoms with van der Waals surface area (Å²) in [6, 6.07) is 2.13. The number of nitrogen functional groups attached to an aromatic ring is 1. The van der Waals surface area contributed by atoms with Crippen molar-refractivity contribution in [3.63, 3.8) is 0 Å². The van der Waals surface area contributed by atoms with Gasteiger partial charge in [0.25, 0.3) is 0 Å². The second kappa shape index (κ2) is 5.54. The number of fused-ring (bicyclic) bond motifs is 1. The van der Waals surface area contributed by atoms with Gasteiger partial charge in [-0.2, -0.15) is 0 Å². The van der Waals surface area contributed by atoms with Crippen molar-refractivity contribution in [1.29, 1.82) is 0 Å². The summed E-state index contributed by atoms with van der Waals surface area (Å²) in [5.74, 6) is -0.858. The highest BCUT2D eigenvalue weighted by Gasteiger charge is 2.21. The number of benzene rings is 1. The van der Waals surface area contributed by atoms with Gasteiger partial charge >= 0.3 is 0 Å². The first-order valence-corrected chi connectivity index (χ1v) is 6.87. The van der Waals surface area contributed by atoms with E-state index in [1.54, 1.807) is 6.20 Å². The lowest BCUT2D eigenvalue weighted by molar-refractivity contribution is 0.239. The molecule has 3 rings (SSSR count). The van der Waals surface area contributed by atoms with Crippen molar-refractivity contribution >= 4 is 17.5 Å². The molecule has 21 heavy (non-hydrogen) atoms. The van der Waals surface area contributed by atoms with Crippen LogP contribution in [0.5, 0.6) is 0 Å². The number of anilines is 1. The Morgan fingerprint density at radius 2 is 2.05 bits per heavy atom. The number of nitrogens with two attached hydrogens (primary N) is 1. The Morgan fingerprint density at radius 1 is 1.29 bits per heavy atom. The highest BCUT2D eigenvalue weighted by atomic mass is 35.5. The van der Waals surface area contributed by atoms with Crippen LogP contribution in [0.25, 0.3) is 0 Å². The predicted molar refractivity (Wildman–Crippen MR) is 75.6 cm³/mol. The van der Waals surface area contributed by atoms with Gasteiger partial charge in [-0.3, -0.25) is 4.90 Å². The molecule has 110 valence electrons. The summed E-state index contributed by atoms with van der Waals surface area (Å²) in [6.07, 6.45) is 2.37. The minimum Gasteiger partial charge on any atom is -0.368 e. The maximum atomic E-state index is 13.8. The Bertz CT molecular complexity index is 693. The zero-order valence-corrected chi connectivity index (χ0v) is 11.9. The third kappa shape index (κ3) is 2.82. The molecule has 0 bridgehead atoms. The second-order valence-electron chi connectivity index (χ2n) is 4.98. The van der Waals surface area contributed by atoms with Gasteiger partial charge in [-0.25, -0.2) is 18.7 Å².